The molecule has 84 valence electrons. The first-order chi connectivity index (χ1) is 7.11. The summed E-state index contributed by atoms with van der Waals surface area (Å²) in [6, 6.07) is 4.08. The third-order valence-electron chi connectivity index (χ3n) is 2.23. The van der Waals surface area contributed by atoms with Crippen LogP contribution in [0.2, 0.25) is 0 Å². The summed E-state index contributed by atoms with van der Waals surface area (Å²) < 4.78 is 0. The summed E-state index contributed by atoms with van der Waals surface area (Å²) >= 11 is 1.81. The quantitative estimate of drug-likeness (QED) is 0.780. The van der Waals surface area contributed by atoms with E-state index in [1.54, 1.807) is 0 Å². The van der Waals surface area contributed by atoms with Gasteiger partial charge in [-0.1, -0.05) is 19.9 Å². The molecule has 0 aliphatic heterocycles. The first-order valence-corrected chi connectivity index (χ1v) is 6.43. The van der Waals surface area contributed by atoms with E-state index in [4.69, 9.17) is 5.73 Å². The Hall–Kier alpha value is -0.540. The summed E-state index contributed by atoms with van der Waals surface area (Å²) in [6.45, 7) is 6.49. The van der Waals surface area contributed by atoms with Gasteiger partial charge in [0.2, 0.25) is 0 Å². The normalized spacial score (nSPS) is 13.1. The summed E-state index contributed by atoms with van der Waals surface area (Å²) in [7, 11) is 0. The predicted octanol–water partition coefficient (Wildman–Crippen LogP) is 3.24. The molecule has 1 heterocycles. The number of thioether (sulfide) groups is 1. The van der Waals surface area contributed by atoms with Crippen molar-refractivity contribution in [1.82, 2.24) is 4.98 Å². The molecule has 0 spiro atoms. The lowest BCUT2D eigenvalue weighted by atomic mass is 10.2. The minimum absolute atomic E-state index is 0.0697. The third kappa shape index (κ3) is 4.22. The molecule has 2 nitrogen and oxygen atoms in total. The van der Waals surface area contributed by atoms with E-state index in [1.807, 2.05) is 30.9 Å². The number of hydrogen-bond acceptors (Lipinski definition) is 3. The molecule has 1 rings (SSSR count). The highest BCUT2D eigenvalue weighted by Crippen LogP contribution is 2.25. The van der Waals surface area contributed by atoms with Crippen molar-refractivity contribution in [2.24, 2.45) is 11.7 Å². The molecule has 1 unspecified atom stereocenters. The van der Waals surface area contributed by atoms with E-state index in [-0.39, 0.29) is 6.04 Å². The van der Waals surface area contributed by atoms with Gasteiger partial charge in [-0.05, 0) is 31.1 Å². The lowest BCUT2D eigenvalue weighted by Gasteiger charge is -2.11. The fraction of sp³-hybridized carbons (Fsp3) is 0.583. The number of aromatic nitrogens is 1. The van der Waals surface area contributed by atoms with E-state index >= 15 is 0 Å². The molecular weight excluding hydrogens is 204 g/mol. The molecule has 0 amide bonds. The van der Waals surface area contributed by atoms with Gasteiger partial charge in [-0.3, -0.25) is 0 Å². The second-order valence-electron chi connectivity index (χ2n) is 4.22. The van der Waals surface area contributed by atoms with Crippen LogP contribution in [0.25, 0.3) is 0 Å². The zero-order chi connectivity index (χ0) is 11.3. The number of pyridine rings is 1. The molecule has 1 aromatic rings. The van der Waals surface area contributed by atoms with Crippen LogP contribution in [-0.2, 0) is 0 Å². The molecule has 0 aliphatic carbocycles. The van der Waals surface area contributed by atoms with Crippen LogP contribution in [0, 0.1) is 5.92 Å². The zero-order valence-electron chi connectivity index (χ0n) is 9.73. The Morgan fingerprint density at radius 2 is 2.13 bits per heavy atom. The Morgan fingerprint density at radius 1 is 1.40 bits per heavy atom. The summed E-state index contributed by atoms with van der Waals surface area (Å²) in [5.74, 6) is 1.87. The molecule has 0 aromatic carbocycles. The van der Waals surface area contributed by atoms with Crippen molar-refractivity contribution >= 4 is 11.8 Å². The van der Waals surface area contributed by atoms with Gasteiger partial charge in [0.05, 0.1) is 0 Å². The molecule has 1 atom stereocenters. The molecule has 0 aliphatic rings. The summed E-state index contributed by atoms with van der Waals surface area (Å²) in [5.41, 5.74) is 7.05. The maximum atomic E-state index is 5.89. The lowest BCUT2D eigenvalue weighted by Crippen LogP contribution is -2.07. The van der Waals surface area contributed by atoms with Crippen LogP contribution < -0.4 is 5.73 Å². The standard InChI is InChI=1S/C12H20N2S/c1-9(2)6-8-15-12-11(10(3)13)5-4-7-14-12/h4-5,7,9-10H,6,8,13H2,1-3H3. The van der Waals surface area contributed by atoms with Crippen LogP contribution in [0.5, 0.6) is 0 Å². The van der Waals surface area contributed by atoms with Crippen LogP contribution in [0.3, 0.4) is 0 Å². The van der Waals surface area contributed by atoms with E-state index < -0.39 is 0 Å². The van der Waals surface area contributed by atoms with E-state index in [1.165, 1.54) is 6.42 Å². The van der Waals surface area contributed by atoms with Crippen molar-refractivity contribution in [1.29, 1.82) is 0 Å². The van der Waals surface area contributed by atoms with E-state index in [0.717, 1.165) is 22.3 Å². The molecule has 0 fully saturated rings. The van der Waals surface area contributed by atoms with Gasteiger partial charge in [0.1, 0.15) is 5.03 Å². The summed E-state index contributed by atoms with van der Waals surface area (Å²) in [4.78, 5) is 4.38. The van der Waals surface area contributed by atoms with Crippen molar-refractivity contribution in [2.75, 3.05) is 5.75 Å². The molecule has 0 saturated heterocycles. The Morgan fingerprint density at radius 3 is 2.73 bits per heavy atom. The molecule has 0 bridgehead atoms. The minimum Gasteiger partial charge on any atom is -0.324 e. The van der Waals surface area contributed by atoms with Gasteiger partial charge in [0.25, 0.3) is 0 Å². The summed E-state index contributed by atoms with van der Waals surface area (Å²) in [6.07, 6.45) is 3.06. The molecule has 3 heteroatoms. The second-order valence-corrected chi connectivity index (χ2v) is 5.30. The van der Waals surface area contributed by atoms with Crippen molar-refractivity contribution in [3.05, 3.63) is 23.9 Å². The molecule has 0 saturated carbocycles. The van der Waals surface area contributed by atoms with Crippen molar-refractivity contribution in [3.8, 4) is 0 Å². The van der Waals surface area contributed by atoms with Gasteiger partial charge in [0, 0.05) is 17.8 Å². The van der Waals surface area contributed by atoms with Crippen LogP contribution in [0.1, 0.15) is 38.8 Å². The maximum absolute atomic E-state index is 5.89. The second kappa shape index (κ2) is 6.13. The van der Waals surface area contributed by atoms with Crippen molar-refractivity contribution in [2.45, 2.75) is 38.3 Å². The minimum atomic E-state index is 0.0697. The molecule has 15 heavy (non-hydrogen) atoms. The molecule has 2 N–H and O–H groups in total. The first kappa shape index (κ1) is 12.5. The van der Waals surface area contributed by atoms with Gasteiger partial charge in [-0.25, -0.2) is 4.98 Å². The topological polar surface area (TPSA) is 38.9 Å². The van der Waals surface area contributed by atoms with E-state index in [9.17, 15) is 0 Å². The van der Waals surface area contributed by atoms with Crippen molar-refractivity contribution < 1.29 is 0 Å². The highest BCUT2D eigenvalue weighted by Gasteiger charge is 2.07. The van der Waals surface area contributed by atoms with Crippen LogP contribution in [0.4, 0.5) is 0 Å². The maximum Gasteiger partial charge on any atom is 0.101 e. The highest BCUT2D eigenvalue weighted by atomic mass is 32.2. The van der Waals surface area contributed by atoms with E-state index in [2.05, 4.69) is 24.9 Å². The summed E-state index contributed by atoms with van der Waals surface area (Å²) in [5, 5.41) is 1.09. The first-order valence-electron chi connectivity index (χ1n) is 5.44. The van der Waals surface area contributed by atoms with Crippen LogP contribution in [-0.4, -0.2) is 10.7 Å². The van der Waals surface area contributed by atoms with E-state index in [0.29, 0.717) is 0 Å². The Bertz CT molecular complexity index is 297. The van der Waals surface area contributed by atoms with Gasteiger partial charge >= 0.3 is 0 Å². The Labute approximate surface area is 96.7 Å². The molecule has 1 aromatic heterocycles. The SMILES string of the molecule is CC(C)CCSc1ncccc1C(C)N. The Balaban J connectivity index is 2.59. The fourth-order valence-electron chi connectivity index (χ4n) is 1.26. The number of rotatable bonds is 5. The average molecular weight is 224 g/mol. The number of nitrogens with two attached hydrogens (primary N) is 1. The van der Waals surface area contributed by atoms with Gasteiger partial charge in [0.15, 0.2) is 0 Å². The molecule has 0 radical (unpaired) electrons. The van der Waals surface area contributed by atoms with Gasteiger partial charge in [-0.15, -0.1) is 11.8 Å². The zero-order valence-corrected chi connectivity index (χ0v) is 10.6. The third-order valence-corrected chi connectivity index (χ3v) is 3.28. The average Bonchev–Trinajstić information content (AvgIpc) is 2.17. The lowest BCUT2D eigenvalue weighted by molar-refractivity contribution is 0.631. The van der Waals surface area contributed by atoms with Gasteiger partial charge in [-0.2, -0.15) is 0 Å². The smallest absolute Gasteiger partial charge is 0.101 e. The van der Waals surface area contributed by atoms with Crippen molar-refractivity contribution in [3.63, 3.8) is 0 Å². The van der Waals surface area contributed by atoms with Crippen LogP contribution >= 0.6 is 11.8 Å². The Kier molecular flexibility index (Phi) is 5.12. The number of nitrogens with zero attached hydrogens (tertiary/aromatic N) is 1. The fourth-order valence-corrected chi connectivity index (χ4v) is 2.60. The van der Waals surface area contributed by atoms with Gasteiger partial charge < -0.3 is 5.73 Å². The van der Waals surface area contributed by atoms with Crippen LogP contribution in [0.15, 0.2) is 23.4 Å². The largest absolute Gasteiger partial charge is 0.324 e. The predicted molar refractivity (Wildman–Crippen MR) is 67.0 cm³/mol. The molecular formula is C12H20N2S. The monoisotopic (exact) mass is 224 g/mol. The number of hydrogen-bond donors (Lipinski definition) is 1. The highest BCUT2D eigenvalue weighted by molar-refractivity contribution is 7.99.